The van der Waals surface area contributed by atoms with Crippen molar-refractivity contribution in [3.63, 3.8) is 0 Å². The van der Waals surface area contributed by atoms with Crippen LogP contribution in [-0.4, -0.2) is 49.4 Å². The summed E-state index contributed by atoms with van der Waals surface area (Å²) >= 11 is 1.40. The van der Waals surface area contributed by atoms with E-state index in [4.69, 9.17) is 0 Å². The van der Waals surface area contributed by atoms with Crippen LogP contribution in [0.3, 0.4) is 0 Å². The summed E-state index contributed by atoms with van der Waals surface area (Å²) in [6.07, 6.45) is 5.28. The lowest BCUT2D eigenvalue weighted by Gasteiger charge is -2.20. The first-order valence-electron chi connectivity index (χ1n) is 9.26. The van der Waals surface area contributed by atoms with Crippen LogP contribution in [0.4, 0.5) is 0 Å². The Morgan fingerprint density at radius 3 is 2.82 bits per heavy atom. The normalized spacial score (nSPS) is 13.8. The van der Waals surface area contributed by atoms with E-state index in [0.29, 0.717) is 43.8 Å². The molecule has 0 fully saturated rings. The molecule has 8 heteroatoms. The van der Waals surface area contributed by atoms with E-state index < -0.39 is 0 Å². The number of amides is 1. The van der Waals surface area contributed by atoms with Crippen LogP contribution < -0.4 is 0 Å². The highest BCUT2D eigenvalue weighted by Gasteiger charge is 2.22. The first kappa shape index (κ1) is 18.5. The summed E-state index contributed by atoms with van der Waals surface area (Å²) in [5.74, 6) is 1.95. The summed E-state index contributed by atoms with van der Waals surface area (Å²) in [6, 6.07) is 5.76. The fourth-order valence-corrected chi connectivity index (χ4v) is 4.20. The summed E-state index contributed by atoms with van der Waals surface area (Å²) in [7, 11) is 0. The van der Waals surface area contributed by atoms with Crippen LogP contribution in [0, 0.1) is 0 Å². The Labute approximate surface area is 167 Å². The van der Waals surface area contributed by atoms with Crippen LogP contribution in [0.2, 0.25) is 0 Å². The molecule has 0 radical (unpaired) electrons. The minimum Gasteiger partial charge on any atom is -0.340 e. The third-order valence-electron chi connectivity index (χ3n) is 4.90. The molecule has 0 saturated carbocycles. The Bertz CT molecular complexity index is 995. The van der Waals surface area contributed by atoms with Crippen molar-refractivity contribution >= 4 is 23.0 Å². The quantitative estimate of drug-likeness (QED) is 0.619. The molecule has 0 bridgehead atoms. The molecule has 28 heavy (non-hydrogen) atoms. The average Bonchev–Trinajstić information content (AvgIpc) is 3.24. The summed E-state index contributed by atoms with van der Waals surface area (Å²) < 4.78 is 2.12. The Morgan fingerprint density at radius 2 is 2.07 bits per heavy atom. The van der Waals surface area contributed by atoms with Gasteiger partial charge in [-0.2, -0.15) is 0 Å². The molecule has 0 N–H and O–H groups in total. The van der Waals surface area contributed by atoms with E-state index in [0.717, 1.165) is 22.8 Å². The van der Waals surface area contributed by atoms with Gasteiger partial charge in [0, 0.05) is 44.9 Å². The van der Waals surface area contributed by atoms with Crippen LogP contribution in [0.1, 0.15) is 39.4 Å². The highest BCUT2D eigenvalue weighted by molar-refractivity contribution is 7.12. The van der Waals surface area contributed by atoms with E-state index in [1.807, 2.05) is 34.7 Å². The van der Waals surface area contributed by atoms with Crippen molar-refractivity contribution in [1.82, 2.24) is 24.6 Å². The van der Waals surface area contributed by atoms with Gasteiger partial charge in [0.1, 0.15) is 11.6 Å². The van der Waals surface area contributed by atoms with Gasteiger partial charge < -0.3 is 9.47 Å². The number of nitrogens with zero attached hydrogens (tertiary/aromatic N) is 5. The Hall–Kier alpha value is -2.87. The van der Waals surface area contributed by atoms with Crippen molar-refractivity contribution in [2.24, 2.45) is 0 Å². The van der Waals surface area contributed by atoms with Crippen LogP contribution in [0.5, 0.6) is 0 Å². The average molecular weight is 395 g/mol. The van der Waals surface area contributed by atoms with E-state index in [1.165, 1.54) is 11.3 Å². The molecule has 7 nitrogen and oxygen atoms in total. The standard InChI is InChI=1S/C20H21N5O2S/c1-14(26)17-9-16(13-28-17)11-20(27)24-6-4-18-22-23-19(25(18)8-7-24)10-15-3-2-5-21-12-15/h2-3,5,9,12-13H,4,6-8,10-11H2,1H3. The molecule has 3 aromatic rings. The maximum atomic E-state index is 12.7. The van der Waals surface area contributed by atoms with Gasteiger partial charge >= 0.3 is 0 Å². The van der Waals surface area contributed by atoms with Crippen molar-refractivity contribution in [1.29, 1.82) is 0 Å². The van der Waals surface area contributed by atoms with Crippen molar-refractivity contribution in [2.45, 2.75) is 32.7 Å². The van der Waals surface area contributed by atoms with Crippen LogP contribution in [0.15, 0.2) is 36.0 Å². The maximum Gasteiger partial charge on any atom is 0.227 e. The summed E-state index contributed by atoms with van der Waals surface area (Å²) in [4.78, 5) is 30.9. The zero-order valence-corrected chi connectivity index (χ0v) is 16.5. The number of thiophene rings is 1. The first-order valence-corrected chi connectivity index (χ1v) is 10.1. The number of aromatic nitrogens is 4. The number of hydrogen-bond acceptors (Lipinski definition) is 6. The molecule has 0 saturated heterocycles. The second-order valence-corrected chi connectivity index (χ2v) is 7.82. The van der Waals surface area contributed by atoms with Gasteiger partial charge in [0.15, 0.2) is 5.78 Å². The van der Waals surface area contributed by atoms with Crippen molar-refractivity contribution < 1.29 is 9.59 Å². The minimum atomic E-state index is 0.0394. The van der Waals surface area contributed by atoms with E-state index in [9.17, 15) is 9.59 Å². The van der Waals surface area contributed by atoms with Crippen LogP contribution >= 0.6 is 11.3 Å². The van der Waals surface area contributed by atoms with Gasteiger partial charge in [-0.05, 0) is 35.6 Å². The van der Waals surface area contributed by atoms with Crippen molar-refractivity contribution in [3.8, 4) is 0 Å². The van der Waals surface area contributed by atoms with Gasteiger partial charge in [-0.25, -0.2) is 0 Å². The molecule has 4 heterocycles. The zero-order chi connectivity index (χ0) is 19.5. The lowest BCUT2D eigenvalue weighted by atomic mass is 10.2. The Morgan fingerprint density at radius 1 is 1.18 bits per heavy atom. The molecule has 0 aromatic carbocycles. The predicted octanol–water partition coefficient (Wildman–Crippen LogP) is 2.16. The van der Waals surface area contributed by atoms with Crippen LogP contribution in [-0.2, 0) is 30.6 Å². The van der Waals surface area contributed by atoms with Gasteiger partial charge in [-0.15, -0.1) is 21.5 Å². The summed E-state index contributed by atoms with van der Waals surface area (Å²) in [6.45, 7) is 3.50. The van der Waals surface area contributed by atoms with Gasteiger partial charge in [0.05, 0.1) is 11.3 Å². The smallest absolute Gasteiger partial charge is 0.227 e. The minimum absolute atomic E-state index is 0.0394. The highest BCUT2D eigenvalue weighted by atomic mass is 32.1. The SMILES string of the molecule is CC(=O)c1cc(CC(=O)N2CCc3nnc(Cc4cccnc4)n3CC2)cs1. The van der Waals surface area contributed by atoms with Gasteiger partial charge in [-0.3, -0.25) is 14.6 Å². The second-order valence-electron chi connectivity index (χ2n) is 6.91. The lowest BCUT2D eigenvalue weighted by Crippen LogP contribution is -2.34. The third kappa shape index (κ3) is 4.01. The molecule has 0 spiro atoms. The molecule has 4 rings (SSSR count). The fraction of sp³-hybridized carbons (Fsp3) is 0.350. The van der Waals surface area contributed by atoms with E-state index in [1.54, 1.807) is 13.1 Å². The van der Waals surface area contributed by atoms with Crippen molar-refractivity contribution in [3.05, 3.63) is 63.6 Å². The van der Waals surface area contributed by atoms with Crippen molar-refractivity contribution in [2.75, 3.05) is 13.1 Å². The molecular weight excluding hydrogens is 374 g/mol. The van der Waals surface area contributed by atoms with Gasteiger partial charge in [-0.1, -0.05) is 6.07 Å². The number of carbonyl (C=O) groups excluding carboxylic acids is 2. The van der Waals surface area contributed by atoms with E-state index in [-0.39, 0.29) is 11.7 Å². The van der Waals surface area contributed by atoms with Gasteiger partial charge in [0.25, 0.3) is 0 Å². The molecule has 1 aliphatic rings. The number of carbonyl (C=O) groups is 2. The highest BCUT2D eigenvalue weighted by Crippen LogP contribution is 2.18. The molecule has 144 valence electrons. The predicted molar refractivity (Wildman–Crippen MR) is 105 cm³/mol. The molecule has 1 aliphatic heterocycles. The first-order chi connectivity index (χ1) is 13.6. The molecule has 3 aromatic heterocycles. The van der Waals surface area contributed by atoms with Gasteiger partial charge in [0.2, 0.25) is 5.91 Å². The molecule has 0 aliphatic carbocycles. The molecule has 1 amide bonds. The second kappa shape index (κ2) is 8.02. The number of fused-ring (bicyclic) bond motifs is 1. The number of ketones is 1. The zero-order valence-electron chi connectivity index (χ0n) is 15.7. The molecular formula is C20H21N5O2S. The molecule has 0 atom stereocenters. The number of pyridine rings is 1. The van der Waals surface area contributed by atoms with Crippen LogP contribution in [0.25, 0.3) is 0 Å². The monoisotopic (exact) mass is 395 g/mol. The summed E-state index contributed by atoms with van der Waals surface area (Å²) in [5, 5.41) is 10.6. The Kier molecular flexibility index (Phi) is 5.29. The Balaban J connectivity index is 1.41. The molecule has 0 unspecified atom stereocenters. The third-order valence-corrected chi connectivity index (χ3v) is 5.98. The number of rotatable bonds is 5. The maximum absolute atomic E-state index is 12.7. The topological polar surface area (TPSA) is 81.0 Å². The largest absolute Gasteiger partial charge is 0.340 e. The summed E-state index contributed by atoms with van der Waals surface area (Å²) in [5.41, 5.74) is 2.00. The fourth-order valence-electron chi connectivity index (χ4n) is 3.39. The number of hydrogen-bond donors (Lipinski definition) is 0. The lowest BCUT2D eigenvalue weighted by molar-refractivity contribution is -0.130. The number of Topliss-reactive ketones (excluding diaryl/α,β-unsaturated/α-hetero) is 1. The van der Waals surface area contributed by atoms with E-state index >= 15 is 0 Å². The van der Waals surface area contributed by atoms with E-state index in [2.05, 4.69) is 19.7 Å².